The molecule has 2 aliphatic heterocycles. The van der Waals surface area contributed by atoms with Crippen LogP contribution in [0.5, 0.6) is 0 Å². The Morgan fingerprint density at radius 2 is 1.90 bits per heavy atom. The van der Waals surface area contributed by atoms with Crippen LogP contribution < -0.4 is 5.56 Å². The molecule has 3 fully saturated rings. The molecule has 5 heteroatoms. The molecule has 160 valence electrons. The van der Waals surface area contributed by atoms with Gasteiger partial charge in [-0.05, 0) is 70.2 Å². The Labute approximate surface area is 174 Å². The molecule has 29 heavy (non-hydrogen) atoms. The zero-order valence-corrected chi connectivity index (χ0v) is 18.3. The van der Waals surface area contributed by atoms with E-state index in [1.165, 1.54) is 64.5 Å². The highest BCUT2D eigenvalue weighted by atomic mass is 16.2. The highest BCUT2D eigenvalue weighted by molar-refractivity contribution is 5.94. The normalized spacial score (nSPS) is 26.3. The molecular formula is C24H37N3O2. The fraction of sp³-hybridized carbons (Fsp3) is 0.750. The van der Waals surface area contributed by atoms with Crippen molar-refractivity contribution in [3.05, 3.63) is 33.2 Å². The number of aromatic nitrogens is 1. The van der Waals surface area contributed by atoms with Gasteiger partial charge in [0.25, 0.3) is 11.5 Å². The summed E-state index contributed by atoms with van der Waals surface area (Å²) in [4.78, 5) is 32.8. The van der Waals surface area contributed by atoms with Crippen LogP contribution in [0.4, 0.5) is 0 Å². The van der Waals surface area contributed by atoms with Crippen molar-refractivity contribution in [3.63, 3.8) is 0 Å². The predicted molar refractivity (Wildman–Crippen MR) is 116 cm³/mol. The predicted octanol–water partition coefficient (Wildman–Crippen LogP) is 3.89. The molecular weight excluding hydrogens is 362 g/mol. The number of pyridine rings is 1. The molecule has 0 bridgehead atoms. The number of aromatic amines is 1. The zero-order chi connectivity index (χ0) is 20.4. The average molecular weight is 400 g/mol. The summed E-state index contributed by atoms with van der Waals surface area (Å²) in [6.07, 6.45) is 12.0. The van der Waals surface area contributed by atoms with E-state index in [1.807, 2.05) is 18.7 Å². The molecule has 0 unspecified atom stereocenters. The topological polar surface area (TPSA) is 56.4 Å². The lowest BCUT2D eigenvalue weighted by Crippen LogP contribution is -2.46. The van der Waals surface area contributed by atoms with Crippen molar-refractivity contribution in [2.24, 2.45) is 11.3 Å². The fourth-order valence-electron chi connectivity index (χ4n) is 5.84. The molecule has 4 rings (SSSR count). The SMILES string of the molecule is Cc1cc(C(=O)N2CC[C@@]3(CCCN(CCC4CCCCC4)C3)C2)c(=O)[nH]c1C. The van der Waals surface area contributed by atoms with Gasteiger partial charge in [0.2, 0.25) is 0 Å². The number of nitrogens with one attached hydrogen (secondary N) is 1. The van der Waals surface area contributed by atoms with Gasteiger partial charge in [-0.2, -0.15) is 0 Å². The largest absolute Gasteiger partial charge is 0.338 e. The van der Waals surface area contributed by atoms with Gasteiger partial charge in [0, 0.05) is 30.7 Å². The Balaban J connectivity index is 1.37. The van der Waals surface area contributed by atoms with E-state index in [0.29, 0.717) is 5.56 Å². The first-order valence-electron chi connectivity index (χ1n) is 11.7. The molecule has 1 aromatic heterocycles. The molecule has 1 spiro atoms. The molecule has 1 aliphatic carbocycles. The number of nitrogens with zero attached hydrogens (tertiary/aromatic N) is 2. The number of carbonyl (C=O) groups excluding carboxylic acids is 1. The Kier molecular flexibility index (Phi) is 6.14. The Hall–Kier alpha value is -1.62. The van der Waals surface area contributed by atoms with Gasteiger partial charge in [-0.1, -0.05) is 32.1 Å². The first-order chi connectivity index (χ1) is 14.0. The second kappa shape index (κ2) is 8.63. The van der Waals surface area contributed by atoms with Gasteiger partial charge in [-0.25, -0.2) is 0 Å². The minimum Gasteiger partial charge on any atom is -0.338 e. The molecule has 0 aromatic carbocycles. The molecule has 0 radical (unpaired) electrons. The van der Waals surface area contributed by atoms with Gasteiger partial charge < -0.3 is 14.8 Å². The second-order valence-corrected chi connectivity index (χ2v) is 9.97. The number of amides is 1. The van der Waals surface area contributed by atoms with Gasteiger partial charge in [0.15, 0.2) is 0 Å². The number of aryl methyl sites for hydroxylation is 2. The van der Waals surface area contributed by atoms with Crippen LogP contribution in [-0.2, 0) is 0 Å². The van der Waals surface area contributed by atoms with Crippen molar-refractivity contribution in [2.45, 2.75) is 71.6 Å². The van der Waals surface area contributed by atoms with Crippen molar-refractivity contribution in [1.29, 1.82) is 0 Å². The molecule has 3 heterocycles. The van der Waals surface area contributed by atoms with Crippen LogP contribution in [-0.4, -0.2) is 53.4 Å². The monoisotopic (exact) mass is 399 g/mol. The molecule has 5 nitrogen and oxygen atoms in total. The summed E-state index contributed by atoms with van der Waals surface area (Å²) in [6, 6.07) is 1.76. The molecule has 1 saturated carbocycles. The molecule has 1 amide bonds. The lowest BCUT2D eigenvalue weighted by atomic mass is 9.79. The summed E-state index contributed by atoms with van der Waals surface area (Å²) in [5.41, 5.74) is 2.08. The van der Waals surface area contributed by atoms with Crippen LogP contribution in [0.25, 0.3) is 0 Å². The van der Waals surface area contributed by atoms with Gasteiger partial charge in [0.1, 0.15) is 5.56 Å². The van der Waals surface area contributed by atoms with Crippen molar-refractivity contribution >= 4 is 5.91 Å². The van der Waals surface area contributed by atoms with Crippen LogP contribution in [0, 0.1) is 25.2 Å². The van der Waals surface area contributed by atoms with E-state index >= 15 is 0 Å². The number of likely N-dealkylation sites (tertiary alicyclic amines) is 2. The molecule has 1 aromatic rings. The van der Waals surface area contributed by atoms with Crippen LogP contribution in [0.2, 0.25) is 0 Å². The maximum atomic E-state index is 13.1. The highest BCUT2D eigenvalue weighted by Gasteiger charge is 2.43. The van der Waals surface area contributed by atoms with Crippen LogP contribution in [0.3, 0.4) is 0 Å². The van der Waals surface area contributed by atoms with Crippen molar-refractivity contribution in [1.82, 2.24) is 14.8 Å². The Morgan fingerprint density at radius 3 is 2.69 bits per heavy atom. The summed E-state index contributed by atoms with van der Waals surface area (Å²) < 4.78 is 0. The van der Waals surface area contributed by atoms with Crippen LogP contribution in [0.1, 0.15) is 79.4 Å². The summed E-state index contributed by atoms with van der Waals surface area (Å²) in [5, 5.41) is 0. The van der Waals surface area contributed by atoms with Crippen LogP contribution >= 0.6 is 0 Å². The molecule has 1 atom stereocenters. The van der Waals surface area contributed by atoms with E-state index in [-0.39, 0.29) is 16.9 Å². The number of hydrogen-bond donors (Lipinski definition) is 1. The second-order valence-electron chi connectivity index (χ2n) is 9.97. The van der Waals surface area contributed by atoms with Crippen molar-refractivity contribution in [3.8, 4) is 0 Å². The molecule has 1 N–H and O–H groups in total. The quantitative estimate of drug-likeness (QED) is 0.836. The number of piperidine rings is 1. The standard InChI is InChI=1S/C24H37N3O2/c1-18-15-21(22(28)25-19(18)2)23(29)27-14-11-24(17-27)10-6-12-26(16-24)13-9-20-7-4-3-5-8-20/h15,20H,3-14,16-17H2,1-2H3,(H,25,28)/t24-/m1/s1. The van der Waals surface area contributed by atoms with E-state index < -0.39 is 0 Å². The third-order valence-corrected chi connectivity index (χ3v) is 7.77. The first kappa shape index (κ1) is 20.6. The number of carbonyl (C=O) groups is 1. The first-order valence-corrected chi connectivity index (χ1v) is 11.7. The van der Waals surface area contributed by atoms with Crippen molar-refractivity contribution in [2.75, 3.05) is 32.7 Å². The smallest absolute Gasteiger partial charge is 0.261 e. The minimum atomic E-state index is -0.253. The lowest BCUT2D eigenvalue weighted by molar-refractivity contribution is 0.0673. The average Bonchev–Trinajstić information content (AvgIpc) is 3.12. The third-order valence-electron chi connectivity index (χ3n) is 7.77. The summed E-state index contributed by atoms with van der Waals surface area (Å²) >= 11 is 0. The van der Waals surface area contributed by atoms with Gasteiger partial charge in [-0.15, -0.1) is 0 Å². The maximum Gasteiger partial charge on any atom is 0.261 e. The number of hydrogen-bond acceptors (Lipinski definition) is 3. The van der Waals surface area contributed by atoms with Gasteiger partial charge in [0.05, 0.1) is 0 Å². The number of H-pyrrole nitrogens is 1. The summed E-state index contributed by atoms with van der Waals surface area (Å²) in [5.74, 6) is 0.838. The van der Waals surface area contributed by atoms with Gasteiger partial charge in [-0.3, -0.25) is 9.59 Å². The molecule has 2 saturated heterocycles. The highest BCUT2D eigenvalue weighted by Crippen LogP contribution is 2.39. The molecule has 3 aliphatic rings. The zero-order valence-electron chi connectivity index (χ0n) is 18.3. The van der Waals surface area contributed by atoms with Gasteiger partial charge >= 0.3 is 0 Å². The number of rotatable bonds is 4. The van der Waals surface area contributed by atoms with E-state index in [9.17, 15) is 9.59 Å². The van der Waals surface area contributed by atoms with Crippen molar-refractivity contribution < 1.29 is 4.79 Å². The third kappa shape index (κ3) is 4.60. The Morgan fingerprint density at radius 1 is 1.10 bits per heavy atom. The summed E-state index contributed by atoms with van der Waals surface area (Å²) in [7, 11) is 0. The fourth-order valence-corrected chi connectivity index (χ4v) is 5.84. The Bertz CT molecular complexity index is 796. The van der Waals surface area contributed by atoms with E-state index in [2.05, 4.69) is 9.88 Å². The van der Waals surface area contributed by atoms with Crippen LogP contribution in [0.15, 0.2) is 10.9 Å². The summed E-state index contributed by atoms with van der Waals surface area (Å²) in [6.45, 7) is 8.95. The maximum absolute atomic E-state index is 13.1. The lowest BCUT2D eigenvalue weighted by Gasteiger charge is -2.41. The van der Waals surface area contributed by atoms with E-state index in [1.54, 1.807) is 6.07 Å². The van der Waals surface area contributed by atoms with E-state index in [4.69, 9.17) is 0 Å². The minimum absolute atomic E-state index is 0.0921. The van der Waals surface area contributed by atoms with E-state index in [0.717, 1.165) is 43.2 Å².